The van der Waals surface area contributed by atoms with Crippen LogP contribution in [0.2, 0.25) is 0 Å². The molecule has 5 heteroatoms. The molecule has 5 nitrogen and oxygen atoms in total. The van der Waals surface area contributed by atoms with Crippen LogP contribution < -0.4 is 0 Å². The summed E-state index contributed by atoms with van der Waals surface area (Å²) in [6.45, 7) is 5.57. The average Bonchev–Trinajstić information content (AvgIpc) is 3.42. The summed E-state index contributed by atoms with van der Waals surface area (Å²) < 4.78 is 7.45. The van der Waals surface area contributed by atoms with E-state index in [1.165, 1.54) is 17.4 Å². The van der Waals surface area contributed by atoms with E-state index < -0.39 is 0 Å². The van der Waals surface area contributed by atoms with Gasteiger partial charge in [0.05, 0.1) is 23.8 Å². The number of hydrogen-bond donors (Lipinski definition) is 0. The lowest BCUT2D eigenvalue weighted by Gasteiger charge is -2.17. The number of aromatic nitrogens is 2. The Labute approximate surface area is 177 Å². The molecule has 0 radical (unpaired) electrons. The highest BCUT2D eigenvalue weighted by Gasteiger charge is 2.19. The molecule has 0 aliphatic heterocycles. The summed E-state index contributed by atoms with van der Waals surface area (Å²) >= 11 is 0. The van der Waals surface area contributed by atoms with Crippen LogP contribution >= 0.6 is 0 Å². The van der Waals surface area contributed by atoms with Gasteiger partial charge in [-0.05, 0) is 47.7 Å². The van der Waals surface area contributed by atoms with Crippen molar-refractivity contribution in [1.82, 2.24) is 14.5 Å². The van der Waals surface area contributed by atoms with Gasteiger partial charge in [-0.1, -0.05) is 50.2 Å². The van der Waals surface area contributed by atoms with Gasteiger partial charge in [-0.2, -0.15) is 0 Å². The number of para-hydroxylation sites is 2. The summed E-state index contributed by atoms with van der Waals surface area (Å²) in [6.07, 6.45) is 2.64. The fourth-order valence-corrected chi connectivity index (χ4v) is 3.66. The van der Waals surface area contributed by atoms with E-state index in [0.717, 1.165) is 23.3 Å². The number of hydrogen-bond acceptors (Lipinski definition) is 3. The minimum atomic E-state index is -0.156. The minimum absolute atomic E-state index is 0.156. The largest absolute Gasteiger partial charge is 0.459 e. The van der Waals surface area contributed by atoms with Gasteiger partial charge in [-0.15, -0.1) is 0 Å². The van der Waals surface area contributed by atoms with E-state index in [1.54, 1.807) is 24.1 Å². The molecule has 4 aromatic rings. The summed E-state index contributed by atoms with van der Waals surface area (Å²) in [5.41, 5.74) is 4.58. The van der Waals surface area contributed by atoms with E-state index in [2.05, 4.69) is 48.7 Å². The maximum Gasteiger partial charge on any atom is 0.289 e. The molecule has 2 heterocycles. The normalized spacial score (nSPS) is 12.2. The number of furan rings is 1. The summed E-state index contributed by atoms with van der Waals surface area (Å²) in [5.74, 6) is 1.59. The first kappa shape index (κ1) is 20.0. The first-order chi connectivity index (χ1) is 14.6. The number of nitrogens with zero attached hydrogens (tertiary/aromatic N) is 3. The van der Waals surface area contributed by atoms with Crippen molar-refractivity contribution in [3.05, 3.63) is 89.6 Å². The second kappa shape index (κ2) is 8.57. The van der Waals surface area contributed by atoms with Gasteiger partial charge in [-0.25, -0.2) is 4.98 Å². The number of fused-ring (bicyclic) bond motifs is 1. The van der Waals surface area contributed by atoms with Crippen LogP contribution in [0.15, 0.2) is 71.3 Å². The van der Waals surface area contributed by atoms with Gasteiger partial charge in [0, 0.05) is 13.6 Å². The molecule has 0 fully saturated rings. The van der Waals surface area contributed by atoms with Crippen LogP contribution in [-0.4, -0.2) is 27.4 Å². The highest BCUT2D eigenvalue weighted by atomic mass is 16.3. The Hall–Kier alpha value is -3.34. The van der Waals surface area contributed by atoms with Gasteiger partial charge in [0.15, 0.2) is 5.76 Å². The Morgan fingerprint density at radius 2 is 1.87 bits per heavy atom. The molecule has 2 aromatic carbocycles. The molecule has 0 aliphatic carbocycles. The topological polar surface area (TPSA) is 51.3 Å². The third-order valence-electron chi connectivity index (χ3n) is 5.69. The predicted octanol–water partition coefficient (Wildman–Crippen LogP) is 5.46. The zero-order valence-corrected chi connectivity index (χ0v) is 17.7. The van der Waals surface area contributed by atoms with E-state index in [-0.39, 0.29) is 5.91 Å². The molecule has 2 aromatic heterocycles. The second-order valence-corrected chi connectivity index (χ2v) is 7.79. The molecule has 0 spiro atoms. The van der Waals surface area contributed by atoms with E-state index in [9.17, 15) is 4.79 Å². The first-order valence-electron chi connectivity index (χ1n) is 10.4. The molecule has 0 saturated carbocycles. The molecule has 0 N–H and O–H groups in total. The molecule has 0 saturated heterocycles. The number of benzene rings is 2. The number of amides is 1. The summed E-state index contributed by atoms with van der Waals surface area (Å²) in [5, 5.41) is 0. The SMILES string of the molecule is CCC(C)c1ccc(Cn2c(CN(C)C(=O)c3ccco3)nc3ccccc32)cc1. The van der Waals surface area contributed by atoms with Crippen LogP contribution in [0.25, 0.3) is 11.0 Å². The van der Waals surface area contributed by atoms with Crippen LogP contribution in [0.3, 0.4) is 0 Å². The molecule has 1 unspecified atom stereocenters. The van der Waals surface area contributed by atoms with Crippen molar-refractivity contribution in [2.45, 2.75) is 39.3 Å². The lowest BCUT2D eigenvalue weighted by atomic mass is 9.98. The predicted molar refractivity (Wildman–Crippen MR) is 118 cm³/mol. The Bertz CT molecular complexity index is 1130. The zero-order chi connectivity index (χ0) is 21.1. The fourth-order valence-electron chi connectivity index (χ4n) is 3.66. The van der Waals surface area contributed by atoms with Gasteiger partial charge >= 0.3 is 0 Å². The summed E-state index contributed by atoms with van der Waals surface area (Å²) in [7, 11) is 1.77. The highest BCUT2D eigenvalue weighted by Crippen LogP contribution is 2.22. The van der Waals surface area contributed by atoms with Crippen LogP contribution in [0.5, 0.6) is 0 Å². The summed E-state index contributed by atoms with van der Waals surface area (Å²) in [6, 6.07) is 20.3. The smallest absolute Gasteiger partial charge is 0.289 e. The van der Waals surface area contributed by atoms with Crippen LogP contribution in [0, 0.1) is 0 Å². The lowest BCUT2D eigenvalue weighted by Crippen LogP contribution is -2.27. The van der Waals surface area contributed by atoms with Crippen LogP contribution in [0.4, 0.5) is 0 Å². The van der Waals surface area contributed by atoms with Gasteiger partial charge in [0.2, 0.25) is 0 Å². The Kier molecular flexibility index (Phi) is 5.70. The molecule has 154 valence electrons. The molecule has 4 rings (SSSR count). The minimum Gasteiger partial charge on any atom is -0.459 e. The molecule has 1 atom stereocenters. The van der Waals surface area contributed by atoms with Crippen molar-refractivity contribution in [1.29, 1.82) is 0 Å². The van der Waals surface area contributed by atoms with Crippen molar-refractivity contribution in [3.63, 3.8) is 0 Å². The van der Waals surface area contributed by atoms with Crippen molar-refractivity contribution in [2.75, 3.05) is 7.05 Å². The van der Waals surface area contributed by atoms with Crippen LogP contribution in [-0.2, 0) is 13.1 Å². The standard InChI is InChI=1S/C25H27N3O2/c1-4-18(2)20-13-11-19(12-14-20)16-28-22-9-6-5-8-21(22)26-24(28)17-27(3)25(29)23-10-7-15-30-23/h5-15,18H,4,16-17H2,1-3H3. The molecular formula is C25H27N3O2. The summed E-state index contributed by atoms with van der Waals surface area (Å²) in [4.78, 5) is 19.1. The van der Waals surface area contributed by atoms with E-state index >= 15 is 0 Å². The number of rotatable bonds is 7. The molecule has 30 heavy (non-hydrogen) atoms. The fraction of sp³-hybridized carbons (Fsp3) is 0.280. The van der Waals surface area contributed by atoms with Gasteiger partial charge in [0.1, 0.15) is 5.82 Å². The van der Waals surface area contributed by atoms with E-state index in [1.807, 2.05) is 18.2 Å². The lowest BCUT2D eigenvalue weighted by molar-refractivity contribution is 0.0748. The number of carbonyl (C=O) groups excluding carboxylic acids is 1. The Morgan fingerprint density at radius 1 is 1.10 bits per heavy atom. The van der Waals surface area contributed by atoms with Crippen LogP contribution in [0.1, 0.15) is 53.7 Å². The molecule has 0 aliphatic rings. The maximum atomic E-state index is 12.6. The maximum absolute atomic E-state index is 12.6. The highest BCUT2D eigenvalue weighted by molar-refractivity contribution is 5.91. The van der Waals surface area contributed by atoms with Gasteiger partial charge in [0.25, 0.3) is 5.91 Å². The van der Waals surface area contributed by atoms with Crippen molar-refractivity contribution in [3.8, 4) is 0 Å². The Morgan fingerprint density at radius 3 is 2.57 bits per heavy atom. The van der Waals surface area contributed by atoms with E-state index in [4.69, 9.17) is 9.40 Å². The van der Waals surface area contributed by atoms with Gasteiger partial charge in [-0.3, -0.25) is 4.79 Å². The third-order valence-corrected chi connectivity index (χ3v) is 5.69. The quantitative estimate of drug-likeness (QED) is 0.413. The average molecular weight is 402 g/mol. The first-order valence-corrected chi connectivity index (χ1v) is 10.4. The number of carbonyl (C=O) groups is 1. The monoisotopic (exact) mass is 401 g/mol. The van der Waals surface area contributed by atoms with Crippen molar-refractivity contribution in [2.24, 2.45) is 0 Å². The van der Waals surface area contributed by atoms with Gasteiger partial charge < -0.3 is 13.9 Å². The molecular weight excluding hydrogens is 374 g/mol. The zero-order valence-electron chi connectivity index (χ0n) is 17.7. The Balaban J connectivity index is 1.63. The van der Waals surface area contributed by atoms with E-state index in [0.29, 0.717) is 24.8 Å². The molecule has 0 bridgehead atoms. The molecule has 1 amide bonds. The van der Waals surface area contributed by atoms with Crippen molar-refractivity contribution < 1.29 is 9.21 Å². The van der Waals surface area contributed by atoms with Crippen molar-refractivity contribution >= 4 is 16.9 Å². The number of imidazole rings is 1. The third kappa shape index (κ3) is 4.01. The second-order valence-electron chi connectivity index (χ2n) is 7.79.